The van der Waals surface area contributed by atoms with E-state index in [2.05, 4.69) is 15.9 Å². The lowest BCUT2D eigenvalue weighted by molar-refractivity contribution is 0.0738. The number of hydrogen-bond donors (Lipinski definition) is 0. The summed E-state index contributed by atoms with van der Waals surface area (Å²) in [6, 6.07) is 2.27. The Morgan fingerprint density at radius 3 is 2.56 bits per heavy atom. The minimum Gasteiger partial charge on any atom is -0.338 e. The molecule has 1 heterocycles. The Kier molecular flexibility index (Phi) is 4.27. The van der Waals surface area contributed by atoms with Crippen molar-refractivity contribution in [3.8, 4) is 0 Å². The van der Waals surface area contributed by atoms with Crippen molar-refractivity contribution in [3.63, 3.8) is 0 Å². The van der Waals surface area contributed by atoms with Crippen LogP contribution in [0.15, 0.2) is 16.6 Å². The van der Waals surface area contributed by atoms with Gasteiger partial charge < -0.3 is 4.90 Å². The first-order chi connectivity index (χ1) is 8.50. The summed E-state index contributed by atoms with van der Waals surface area (Å²) in [5.74, 6) is -0.450. The smallest absolute Gasteiger partial charge is 0.259 e. The van der Waals surface area contributed by atoms with Crippen LogP contribution in [0.5, 0.6) is 0 Å². The number of benzene rings is 1. The molecule has 0 spiro atoms. The lowest BCUT2D eigenvalue weighted by Gasteiger charge is -2.24. The minimum absolute atomic E-state index is 0.0601. The van der Waals surface area contributed by atoms with Gasteiger partial charge in [0.1, 0.15) is 17.2 Å². The largest absolute Gasteiger partial charge is 0.338 e. The number of nitrogens with zero attached hydrogens (tertiary/aromatic N) is 1. The molecule has 1 fully saturated rings. The molecule has 1 aliphatic rings. The highest BCUT2D eigenvalue weighted by atomic mass is 79.9. The highest BCUT2D eigenvalue weighted by Gasteiger charge is 2.28. The van der Waals surface area contributed by atoms with Crippen LogP contribution in [0.3, 0.4) is 0 Å². The fraction of sp³-hybridized carbons (Fsp3) is 0.417. The van der Waals surface area contributed by atoms with Crippen LogP contribution in [0.25, 0.3) is 0 Å². The van der Waals surface area contributed by atoms with Crippen LogP contribution in [-0.4, -0.2) is 35.4 Å². The molecule has 18 heavy (non-hydrogen) atoms. The van der Waals surface area contributed by atoms with Gasteiger partial charge in [-0.2, -0.15) is 11.8 Å². The molecule has 98 valence electrons. The Morgan fingerprint density at radius 1 is 1.44 bits per heavy atom. The van der Waals surface area contributed by atoms with Crippen molar-refractivity contribution in [1.29, 1.82) is 0 Å². The van der Waals surface area contributed by atoms with Gasteiger partial charge in [-0.15, -0.1) is 0 Å². The van der Waals surface area contributed by atoms with Crippen molar-refractivity contribution >= 4 is 33.6 Å². The number of halogens is 3. The maximum Gasteiger partial charge on any atom is 0.259 e. The summed E-state index contributed by atoms with van der Waals surface area (Å²) in [5, 5.41) is 0. The van der Waals surface area contributed by atoms with Gasteiger partial charge in [0.15, 0.2) is 0 Å². The third kappa shape index (κ3) is 2.69. The molecule has 0 radical (unpaired) electrons. The summed E-state index contributed by atoms with van der Waals surface area (Å²) in [6.07, 6.45) is 0.868. The van der Waals surface area contributed by atoms with Gasteiger partial charge in [-0.1, -0.05) is 15.9 Å². The van der Waals surface area contributed by atoms with E-state index in [0.717, 1.165) is 30.1 Å². The van der Waals surface area contributed by atoms with Crippen molar-refractivity contribution in [2.24, 2.45) is 0 Å². The molecular formula is C12H12BrF2NOS. The molecule has 0 bridgehead atoms. The second kappa shape index (κ2) is 5.57. The fourth-order valence-corrected chi connectivity index (χ4v) is 3.59. The summed E-state index contributed by atoms with van der Waals surface area (Å²) in [4.78, 5) is 13.5. The van der Waals surface area contributed by atoms with Gasteiger partial charge in [-0.05, 0) is 24.3 Å². The molecule has 1 aliphatic heterocycles. The first-order valence-electron chi connectivity index (χ1n) is 5.50. The van der Waals surface area contributed by atoms with Gasteiger partial charge in [-0.3, -0.25) is 4.79 Å². The van der Waals surface area contributed by atoms with E-state index in [-0.39, 0.29) is 10.5 Å². The SMILES string of the molecule is CN(C(=O)c1c(F)cc(Br)cc1F)C1CCSC1. The van der Waals surface area contributed by atoms with E-state index in [1.54, 1.807) is 18.8 Å². The van der Waals surface area contributed by atoms with Gasteiger partial charge in [0.05, 0.1) is 0 Å². The zero-order valence-corrected chi connectivity index (χ0v) is 12.2. The van der Waals surface area contributed by atoms with Crippen molar-refractivity contribution < 1.29 is 13.6 Å². The van der Waals surface area contributed by atoms with Crippen molar-refractivity contribution in [2.75, 3.05) is 18.6 Å². The molecule has 1 atom stereocenters. The third-order valence-corrected chi connectivity index (χ3v) is 4.60. The van der Waals surface area contributed by atoms with Crippen LogP contribution in [0.1, 0.15) is 16.8 Å². The lowest BCUT2D eigenvalue weighted by atomic mass is 10.1. The molecule has 0 aromatic heterocycles. The summed E-state index contributed by atoms with van der Waals surface area (Å²) >= 11 is 4.74. The van der Waals surface area contributed by atoms with Gasteiger partial charge in [0.25, 0.3) is 5.91 Å². The summed E-state index contributed by atoms with van der Waals surface area (Å²) in [7, 11) is 1.60. The Morgan fingerprint density at radius 2 is 2.06 bits per heavy atom. The standard InChI is InChI=1S/C12H12BrF2NOS/c1-16(8-2-3-18-6-8)12(17)11-9(14)4-7(13)5-10(11)15/h4-5,8H,2-3,6H2,1H3. The van der Waals surface area contributed by atoms with E-state index in [1.165, 1.54) is 4.90 Å². The zero-order valence-electron chi connectivity index (χ0n) is 9.75. The highest BCUT2D eigenvalue weighted by molar-refractivity contribution is 9.10. The molecule has 6 heteroatoms. The van der Waals surface area contributed by atoms with Crippen molar-refractivity contribution in [3.05, 3.63) is 33.8 Å². The Balaban J connectivity index is 2.28. The van der Waals surface area contributed by atoms with Crippen LogP contribution in [0, 0.1) is 11.6 Å². The molecule has 1 aromatic carbocycles. The molecule has 2 rings (SSSR count). The number of rotatable bonds is 2. The fourth-order valence-electron chi connectivity index (χ4n) is 1.92. The van der Waals surface area contributed by atoms with Crippen LogP contribution >= 0.6 is 27.7 Å². The topological polar surface area (TPSA) is 20.3 Å². The highest BCUT2D eigenvalue weighted by Crippen LogP contribution is 2.25. The minimum atomic E-state index is -0.829. The Hall–Kier alpha value is -0.620. The molecule has 1 saturated heterocycles. The Labute approximate surface area is 117 Å². The van der Waals surface area contributed by atoms with Crippen LogP contribution in [0.2, 0.25) is 0 Å². The van der Waals surface area contributed by atoms with E-state index in [1.807, 2.05) is 0 Å². The van der Waals surface area contributed by atoms with Crippen LogP contribution < -0.4 is 0 Å². The van der Waals surface area contributed by atoms with E-state index < -0.39 is 23.1 Å². The number of amides is 1. The third-order valence-electron chi connectivity index (χ3n) is 2.99. The molecule has 1 aromatic rings. The molecule has 0 saturated carbocycles. The number of hydrogen-bond acceptors (Lipinski definition) is 2. The van der Waals surface area contributed by atoms with Gasteiger partial charge in [0.2, 0.25) is 0 Å². The van der Waals surface area contributed by atoms with E-state index in [0.29, 0.717) is 0 Å². The normalized spacial score (nSPS) is 19.0. The lowest BCUT2D eigenvalue weighted by Crippen LogP contribution is -2.37. The van der Waals surface area contributed by atoms with Gasteiger partial charge in [-0.25, -0.2) is 8.78 Å². The average Bonchev–Trinajstić information content (AvgIpc) is 2.79. The summed E-state index contributed by atoms with van der Waals surface area (Å²) in [6.45, 7) is 0. The van der Waals surface area contributed by atoms with Crippen LogP contribution in [0.4, 0.5) is 8.78 Å². The van der Waals surface area contributed by atoms with E-state index in [4.69, 9.17) is 0 Å². The number of carbonyl (C=O) groups is 1. The molecule has 2 nitrogen and oxygen atoms in total. The maximum absolute atomic E-state index is 13.7. The first kappa shape index (κ1) is 13.8. The molecule has 1 amide bonds. The average molecular weight is 336 g/mol. The predicted octanol–water partition coefficient (Wildman–Crippen LogP) is 3.30. The molecular weight excluding hydrogens is 324 g/mol. The second-order valence-corrected chi connectivity index (χ2v) is 6.24. The zero-order chi connectivity index (χ0) is 13.3. The predicted molar refractivity (Wildman–Crippen MR) is 71.9 cm³/mol. The Bertz CT molecular complexity index is 454. The molecule has 0 aliphatic carbocycles. The van der Waals surface area contributed by atoms with E-state index in [9.17, 15) is 13.6 Å². The number of carbonyl (C=O) groups excluding carboxylic acids is 1. The molecule has 1 unspecified atom stereocenters. The van der Waals surface area contributed by atoms with Crippen LogP contribution in [-0.2, 0) is 0 Å². The van der Waals surface area contributed by atoms with Crippen molar-refractivity contribution in [1.82, 2.24) is 4.90 Å². The van der Waals surface area contributed by atoms with Crippen molar-refractivity contribution in [2.45, 2.75) is 12.5 Å². The monoisotopic (exact) mass is 335 g/mol. The van der Waals surface area contributed by atoms with Gasteiger partial charge in [0, 0.05) is 23.3 Å². The molecule has 0 N–H and O–H groups in total. The summed E-state index contributed by atoms with van der Waals surface area (Å²) in [5.41, 5.74) is -0.474. The second-order valence-electron chi connectivity index (χ2n) is 4.18. The van der Waals surface area contributed by atoms with Gasteiger partial charge >= 0.3 is 0 Å². The first-order valence-corrected chi connectivity index (χ1v) is 7.45. The quantitative estimate of drug-likeness (QED) is 0.826. The van der Waals surface area contributed by atoms with E-state index >= 15 is 0 Å². The number of thioether (sulfide) groups is 1. The summed E-state index contributed by atoms with van der Waals surface area (Å²) < 4.78 is 27.7. The maximum atomic E-state index is 13.7.